The van der Waals surface area contributed by atoms with Gasteiger partial charge in [0.25, 0.3) is 0 Å². The van der Waals surface area contributed by atoms with Crippen molar-refractivity contribution in [2.24, 2.45) is 0 Å². The van der Waals surface area contributed by atoms with Crippen LogP contribution in [0.4, 0.5) is 12.9 Å². The predicted molar refractivity (Wildman–Crippen MR) is 50.5 cm³/mol. The van der Waals surface area contributed by atoms with Crippen molar-refractivity contribution in [3.8, 4) is 0 Å². The van der Waals surface area contributed by atoms with Crippen LogP contribution in [0.2, 0.25) is 0 Å². The highest BCUT2D eigenvalue weighted by Gasteiger charge is 2.29. The van der Waals surface area contributed by atoms with E-state index in [-0.39, 0.29) is 5.39 Å². The number of aromatic nitrogens is 1. The highest BCUT2D eigenvalue weighted by atomic mass is 19.4. The number of hydrogen-bond donors (Lipinski definition) is 0. The minimum Gasteiger partial charge on any atom is -0.444 e. The zero-order chi connectivity index (χ0) is 10.2. The summed E-state index contributed by atoms with van der Waals surface area (Å²) in [4.78, 5) is 3.38. The van der Waals surface area contributed by atoms with Crippen LogP contribution in [-0.4, -0.2) is 12.0 Å². The minimum atomic E-state index is -5.03. The van der Waals surface area contributed by atoms with E-state index >= 15 is 0 Å². The largest absolute Gasteiger partial charge is 0.528 e. The third-order valence-corrected chi connectivity index (χ3v) is 2.01. The fourth-order valence-electron chi connectivity index (χ4n) is 1.40. The summed E-state index contributed by atoms with van der Waals surface area (Å²) < 4.78 is 37.6. The Bertz CT molecular complexity index is 462. The van der Waals surface area contributed by atoms with Crippen molar-refractivity contribution >= 4 is 23.3 Å². The van der Waals surface area contributed by atoms with E-state index in [0.29, 0.717) is 5.39 Å². The van der Waals surface area contributed by atoms with Crippen LogP contribution >= 0.6 is 0 Å². The molecule has 72 valence electrons. The van der Waals surface area contributed by atoms with E-state index in [2.05, 4.69) is 4.98 Å². The number of nitrogens with zero attached hydrogens (tertiary/aromatic N) is 1. The molecule has 0 saturated heterocycles. The fraction of sp³-hybridized carbons (Fsp3) is 0. The summed E-state index contributed by atoms with van der Waals surface area (Å²) in [5.41, 5.74) is -0.761. The minimum absolute atomic E-state index is 0.169. The van der Waals surface area contributed by atoms with E-state index in [1.54, 1.807) is 24.3 Å². The molecule has 1 aromatic carbocycles. The molecule has 0 radical (unpaired) electrons. The number of hydrogen-bond acceptors (Lipinski definition) is 1. The van der Waals surface area contributed by atoms with Gasteiger partial charge in [-0.25, -0.2) is 0 Å². The Labute approximate surface area is 78.6 Å². The van der Waals surface area contributed by atoms with E-state index in [1.807, 2.05) is 0 Å². The molecule has 0 fully saturated rings. The van der Waals surface area contributed by atoms with Crippen LogP contribution in [0, 0.1) is 0 Å². The first kappa shape index (κ1) is 9.06. The molecule has 0 bridgehead atoms. The molecule has 0 unspecified atom stereocenters. The van der Waals surface area contributed by atoms with Crippen LogP contribution in [0.15, 0.2) is 36.5 Å². The second kappa shape index (κ2) is 3.01. The molecule has 1 heterocycles. The monoisotopic (exact) mass is 196 g/mol. The Morgan fingerprint density at radius 1 is 1.00 bits per heavy atom. The first-order valence-electron chi connectivity index (χ1n) is 4.12. The standard InChI is InChI=1S/C9H6BF3N/c11-10(12,13)9-8-4-2-1-3-7(8)5-6-14-9/h1-6H/q-1. The number of fused-ring (bicyclic) bond motifs is 1. The zero-order valence-corrected chi connectivity index (χ0v) is 7.12. The summed E-state index contributed by atoms with van der Waals surface area (Å²) in [7, 11) is 0. The maximum absolute atomic E-state index is 12.5. The second-order valence-corrected chi connectivity index (χ2v) is 2.99. The number of pyridine rings is 1. The molecule has 1 aromatic heterocycles. The Balaban J connectivity index is 2.78. The van der Waals surface area contributed by atoms with Gasteiger partial charge in [0.15, 0.2) is 0 Å². The SMILES string of the molecule is F[B-](F)(F)c1nccc2ccccc12. The lowest BCUT2D eigenvalue weighted by Gasteiger charge is -2.15. The van der Waals surface area contributed by atoms with Crippen LogP contribution in [0.25, 0.3) is 10.8 Å². The summed E-state index contributed by atoms with van der Waals surface area (Å²) in [5, 5.41) is 0.735. The normalized spacial score (nSPS) is 11.9. The highest BCUT2D eigenvalue weighted by molar-refractivity contribution is 6.75. The van der Waals surface area contributed by atoms with Gasteiger partial charge in [-0.2, -0.15) is 0 Å². The van der Waals surface area contributed by atoms with Crippen molar-refractivity contribution < 1.29 is 12.9 Å². The van der Waals surface area contributed by atoms with E-state index in [9.17, 15) is 12.9 Å². The molecule has 14 heavy (non-hydrogen) atoms. The molecule has 0 amide bonds. The molecule has 0 N–H and O–H groups in total. The average Bonchev–Trinajstić information content (AvgIpc) is 2.15. The van der Waals surface area contributed by atoms with Gasteiger partial charge in [0.1, 0.15) is 0 Å². The van der Waals surface area contributed by atoms with Gasteiger partial charge in [-0.15, -0.1) is 0 Å². The molecule has 5 heteroatoms. The third-order valence-electron chi connectivity index (χ3n) is 2.01. The van der Waals surface area contributed by atoms with E-state index in [0.717, 1.165) is 0 Å². The van der Waals surface area contributed by atoms with Crippen molar-refractivity contribution in [2.45, 2.75) is 0 Å². The lowest BCUT2D eigenvalue weighted by Crippen LogP contribution is -2.37. The van der Waals surface area contributed by atoms with Gasteiger partial charge in [0.05, 0.1) is 0 Å². The van der Waals surface area contributed by atoms with Gasteiger partial charge >= 0.3 is 6.98 Å². The van der Waals surface area contributed by atoms with Crippen LogP contribution < -0.4 is 5.59 Å². The van der Waals surface area contributed by atoms with Crippen LogP contribution in [0.1, 0.15) is 0 Å². The maximum atomic E-state index is 12.5. The van der Waals surface area contributed by atoms with Gasteiger partial charge in [-0.05, 0) is 22.4 Å². The quantitative estimate of drug-likeness (QED) is 0.637. The predicted octanol–water partition coefficient (Wildman–Crippen LogP) is 2.29. The molecule has 0 spiro atoms. The zero-order valence-electron chi connectivity index (χ0n) is 7.12. The Hall–Kier alpha value is -1.52. The lowest BCUT2D eigenvalue weighted by atomic mass is 9.82. The van der Waals surface area contributed by atoms with Gasteiger partial charge in [0, 0.05) is 6.20 Å². The van der Waals surface area contributed by atoms with Crippen molar-refractivity contribution in [3.63, 3.8) is 0 Å². The van der Waals surface area contributed by atoms with Crippen LogP contribution in [0.3, 0.4) is 0 Å². The first-order valence-corrected chi connectivity index (χ1v) is 4.12. The Kier molecular flexibility index (Phi) is 1.95. The smallest absolute Gasteiger partial charge is 0.444 e. The van der Waals surface area contributed by atoms with E-state index < -0.39 is 12.6 Å². The second-order valence-electron chi connectivity index (χ2n) is 2.99. The summed E-state index contributed by atoms with van der Waals surface area (Å²) >= 11 is 0. The Morgan fingerprint density at radius 2 is 1.71 bits per heavy atom. The fourth-order valence-corrected chi connectivity index (χ4v) is 1.40. The molecule has 2 aromatic rings. The summed E-state index contributed by atoms with van der Waals surface area (Å²) in [6, 6.07) is 7.93. The van der Waals surface area contributed by atoms with Crippen molar-refractivity contribution in [1.82, 2.24) is 4.98 Å². The molecule has 0 atom stereocenters. The van der Waals surface area contributed by atoms with Gasteiger partial charge in [0.2, 0.25) is 0 Å². The van der Waals surface area contributed by atoms with Gasteiger partial charge < -0.3 is 12.9 Å². The van der Waals surface area contributed by atoms with E-state index in [1.165, 1.54) is 12.3 Å². The van der Waals surface area contributed by atoms with Crippen LogP contribution in [0.5, 0.6) is 0 Å². The molecule has 0 aliphatic rings. The number of halogens is 3. The van der Waals surface area contributed by atoms with Crippen molar-refractivity contribution in [2.75, 3.05) is 0 Å². The molecule has 2 rings (SSSR count). The Morgan fingerprint density at radius 3 is 2.43 bits per heavy atom. The summed E-state index contributed by atoms with van der Waals surface area (Å²) in [5.74, 6) is 0. The highest BCUT2D eigenvalue weighted by Crippen LogP contribution is 2.16. The molecule has 1 nitrogen and oxygen atoms in total. The van der Waals surface area contributed by atoms with Crippen molar-refractivity contribution in [1.29, 1.82) is 0 Å². The first-order chi connectivity index (χ1) is 6.59. The molecule has 0 aliphatic heterocycles. The number of benzene rings is 1. The van der Waals surface area contributed by atoms with E-state index in [4.69, 9.17) is 0 Å². The average molecular weight is 196 g/mol. The van der Waals surface area contributed by atoms with Crippen LogP contribution in [-0.2, 0) is 0 Å². The summed E-state index contributed by atoms with van der Waals surface area (Å²) in [6.45, 7) is -5.03. The topological polar surface area (TPSA) is 12.9 Å². The molecule has 0 saturated carbocycles. The third kappa shape index (κ3) is 1.45. The maximum Gasteiger partial charge on any atom is 0.528 e. The molecular weight excluding hydrogens is 190 g/mol. The van der Waals surface area contributed by atoms with Gasteiger partial charge in [-0.3, -0.25) is 4.98 Å². The summed E-state index contributed by atoms with van der Waals surface area (Å²) in [6.07, 6.45) is 1.19. The molecule has 0 aliphatic carbocycles. The van der Waals surface area contributed by atoms with Crippen molar-refractivity contribution in [3.05, 3.63) is 36.5 Å². The number of rotatable bonds is 1. The molecular formula is C9H6BF3N-. The lowest BCUT2D eigenvalue weighted by molar-refractivity contribution is 0.499. The van der Waals surface area contributed by atoms with Gasteiger partial charge in [-0.1, -0.05) is 24.3 Å².